The largest absolute Gasteiger partial charge is 0.493 e. The van der Waals surface area contributed by atoms with Gasteiger partial charge in [-0.1, -0.05) is 12.1 Å². The van der Waals surface area contributed by atoms with E-state index in [9.17, 15) is 14.7 Å². The first-order chi connectivity index (χ1) is 13.9. The van der Waals surface area contributed by atoms with Gasteiger partial charge < -0.3 is 14.6 Å². The number of H-pyrrole nitrogens is 1. The Morgan fingerprint density at radius 1 is 1.10 bits per heavy atom. The Labute approximate surface area is 165 Å². The predicted octanol–water partition coefficient (Wildman–Crippen LogP) is 2.20. The number of aromatic amines is 1. The van der Waals surface area contributed by atoms with E-state index in [1.54, 1.807) is 24.3 Å². The van der Waals surface area contributed by atoms with Crippen LogP contribution in [0.1, 0.15) is 22.3 Å². The number of ether oxygens (including phenoxy) is 2. The van der Waals surface area contributed by atoms with Gasteiger partial charge in [-0.3, -0.25) is 14.8 Å². The number of aryl methyl sites for hydroxylation is 2. The van der Waals surface area contributed by atoms with Crippen LogP contribution in [0.25, 0.3) is 5.69 Å². The molecule has 8 nitrogen and oxygen atoms in total. The van der Waals surface area contributed by atoms with Crippen LogP contribution in [0.2, 0.25) is 0 Å². The van der Waals surface area contributed by atoms with Gasteiger partial charge in [-0.2, -0.15) is 0 Å². The normalized spacial score (nSPS) is 12.6. The van der Waals surface area contributed by atoms with Crippen molar-refractivity contribution in [1.29, 1.82) is 0 Å². The fraction of sp³-hybridized carbons (Fsp3) is 0.190. The number of nitrogens with one attached hydrogen (secondary N) is 1. The van der Waals surface area contributed by atoms with Gasteiger partial charge in [0, 0.05) is 6.21 Å². The first-order valence-corrected chi connectivity index (χ1v) is 8.98. The van der Waals surface area contributed by atoms with Crippen LogP contribution in [0.5, 0.6) is 17.4 Å². The summed E-state index contributed by atoms with van der Waals surface area (Å²) in [7, 11) is 0. The predicted molar refractivity (Wildman–Crippen MR) is 108 cm³/mol. The number of aliphatic imine (C=N–C) groups is 1. The standard InChI is InChI=1S/C21H19N3O5/c1-12-3-5-15(7-13(12)2)24-20(26)16(19(25)23-21(24)27)10-22-9-14-4-6-17-18(8-14)29-11-28-17/h3-8,10,26H,9,11H2,1-2H3,(H,23,25,27). The molecule has 0 saturated carbocycles. The quantitative estimate of drug-likeness (QED) is 0.661. The van der Waals surface area contributed by atoms with Crippen LogP contribution in [-0.4, -0.2) is 27.7 Å². The third-order valence-electron chi connectivity index (χ3n) is 4.80. The van der Waals surface area contributed by atoms with Crippen LogP contribution in [0.4, 0.5) is 0 Å². The van der Waals surface area contributed by atoms with Crippen molar-refractivity contribution < 1.29 is 14.6 Å². The Morgan fingerprint density at radius 3 is 2.69 bits per heavy atom. The molecule has 0 amide bonds. The van der Waals surface area contributed by atoms with Gasteiger partial charge in [0.1, 0.15) is 5.56 Å². The Bertz CT molecular complexity index is 1240. The van der Waals surface area contributed by atoms with Crippen molar-refractivity contribution in [2.45, 2.75) is 20.4 Å². The van der Waals surface area contributed by atoms with Crippen LogP contribution in [0.15, 0.2) is 51.0 Å². The van der Waals surface area contributed by atoms with Gasteiger partial charge in [-0.15, -0.1) is 0 Å². The van der Waals surface area contributed by atoms with Gasteiger partial charge in [0.15, 0.2) is 11.5 Å². The molecule has 0 bridgehead atoms. The summed E-state index contributed by atoms with van der Waals surface area (Å²) in [5, 5.41) is 10.6. The number of benzene rings is 2. The number of aromatic hydroxyl groups is 1. The van der Waals surface area contributed by atoms with E-state index in [1.807, 2.05) is 26.0 Å². The lowest BCUT2D eigenvalue weighted by Crippen LogP contribution is -2.31. The summed E-state index contributed by atoms with van der Waals surface area (Å²) < 4.78 is 11.7. The maximum Gasteiger partial charge on any atom is 0.335 e. The molecule has 0 aliphatic carbocycles. The van der Waals surface area contributed by atoms with Crippen molar-refractivity contribution in [3.63, 3.8) is 0 Å². The van der Waals surface area contributed by atoms with Gasteiger partial charge in [0.25, 0.3) is 5.56 Å². The van der Waals surface area contributed by atoms with E-state index in [0.717, 1.165) is 21.3 Å². The van der Waals surface area contributed by atoms with Gasteiger partial charge in [0.2, 0.25) is 12.7 Å². The molecule has 0 unspecified atom stereocenters. The maximum absolute atomic E-state index is 12.3. The van der Waals surface area contributed by atoms with E-state index in [2.05, 4.69) is 9.98 Å². The zero-order chi connectivity index (χ0) is 20.5. The minimum absolute atomic E-state index is 0.0939. The minimum Gasteiger partial charge on any atom is -0.493 e. The maximum atomic E-state index is 12.3. The molecule has 2 aromatic carbocycles. The summed E-state index contributed by atoms with van der Waals surface area (Å²) >= 11 is 0. The third kappa shape index (κ3) is 3.52. The van der Waals surface area contributed by atoms with E-state index in [0.29, 0.717) is 17.2 Å². The second-order valence-corrected chi connectivity index (χ2v) is 6.76. The van der Waals surface area contributed by atoms with Crippen LogP contribution < -0.4 is 20.7 Å². The monoisotopic (exact) mass is 393 g/mol. The van der Waals surface area contributed by atoms with Gasteiger partial charge in [0.05, 0.1) is 12.2 Å². The Balaban J connectivity index is 1.67. The molecular formula is C21H19N3O5. The highest BCUT2D eigenvalue weighted by Crippen LogP contribution is 2.32. The second-order valence-electron chi connectivity index (χ2n) is 6.76. The molecule has 29 heavy (non-hydrogen) atoms. The fourth-order valence-corrected chi connectivity index (χ4v) is 3.04. The Hall–Kier alpha value is -3.81. The number of hydrogen-bond acceptors (Lipinski definition) is 6. The summed E-state index contributed by atoms with van der Waals surface area (Å²) in [5.41, 5.74) is 1.80. The lowest BCUT2D eigenvalue weighted by atomic mass is 10.1. The molecule has 1 aliphatic heterocycles. The van der Waals surface area contributed by atoms with E-state index in [1.165, 1.54) is 6.21 Å². The van der Waals surface area contributed by atoms with Crippen molar-refractivity contribution in [2.75, 3.05) is 6.79 Å². The zero-order valence-electron chi connectivity index (χ0n) is 15.9. The van der Waals surface area contributed by atoms with Crippen LogP contribution in [-0.2, 0) is 6.54 Å². The number of nitrogens with zero attached hydrogens (tertiary/aromatic N) is 2. The summed E-state index contributed by atoms with van der Waals surface area (Å²) in [6, 6.07) is 10.7. The van der Waals surface area contributed by atoms with E-state index < -0.39 is 17.1 Å². The smallest absolute Gasteiger partial charge is 0.335 e. The highest BCUT2D eigenvalue weighted by atomic mass is 16.7. The molecule has 3 aromatic rings. The lowest BCUT2D eigenvalue weighted by Gasteiger charge is -2.11. The fourth-order valence-electron chi connectivity index (χ4n) is 3.04. The molecule has 0 saturated heterocycles. The highest BCUT2D eigenvalue weighted by molar-refractivity contribution is 5.82. The Kier molecular flexibility index (Phi) is 4.67. The molecule has 2 heterocycles. The van der Waals surface area contributed by atoms with E-state index >= 15 is 0 Å². The molecule has 0 spiro atoms. The number of aromatic nitrogens is 2. The summed E-state index contributed by atoms with van der Waals surface area (Å²) in [4.78, 5) is 31.0. The molecule has 2 N–H and O–H groups in total. The SMILES string of the molecule is Cc1ccc(-n2c(O)c(C=NCc3ccc4c(c3)OCO4)c(=O)[nH]c2=O)cc1C. The molecule has 0 fully saturated rings. The number of rotatable bonds is 4. The van der Waals surface area contributed by atoms with Gasteiger partial charge >= 0.3 is 5.69 Å². The van der Waals surface area contributed by atoms with E-state index in [-0.39, 0.29) is 18.9 Å². The summed E-state index contributed by atoms with van der Waals surface area (Å²) in [5.74, 6) is 0.852. The number of hydrogen-bond donors (Lipinski definition) is 2. The first-order valence-electron chi connectivity index (χ1n) is 8.98. The van der Waals surface area contributed by atoms with Crippen molar-refractivity contribution in [3.05, 3.63) is 79.5 Å². The molecule has 4 rings (SSSR count). The molecule has 1 aliphatic rings. The minimum atomic E-state index is -0.719. The zero-order valence-corrected chi connectivity index (χ0v) is 15.9. The van der Waals surface area contributed by atoms with Crippen LogP contribution in [0, 0.1) is 13.8 Å². The third-order valence-corrected chi connectivity index (χ3v) is 4.80. The summed E-state index contributed by atoms with van der Waals surface area (Å²) in [6.45, 7) is 4.30. The molecule has 0 atom stereocenters. The van der Waals surface area contributed by atoms with Crippen molar-refractivity contribution in [3.8, 4) is 23.1 Å². The molecule has 148 valence electrons. The van der Waals surface area contributed by atoms with Crippen molar-refractivity contribution in [1.82, 2.24) is 9.55 Å². The molecule has 8 heteroatoms. The van der Waals surface area contributed by atoms with Crippen molar-refractivity contribution >= 4 is 6.21 Å². The van der Waals surface area contributed by atoms with Crippen LogP contribution >= 0.6 is 0 Å². The molecular weight excluding hydrogens is 374 g/mol. The summed E-state index contributed by atoms with van der Waals surface area (Å²) in [6.07, 6.45) is 1.26. The highest BCUT2D eigenvalue weighted by Gasteiger charge is 2.15. The topological polar surface area (TPSA) is 106 Å². The average molecular weight is 393 g/mol. The second kappa shape index (κ2) is 7.31. The molecule has 1 aromatic heterocycles. The number of fused-ring (bicyclic) bond motifs is 1. The Morgan fingerprint density at radius 2 is 1.90 bits per heavy atom. The van der Waals surface area contributed by atoms with Gasteiger partial charge in [-0.05, 0) is 54.8 Å². The lowest BCUT2D eigenvalue weighted by molar-refractivity contribution is 0.174. The van der Waals surface area contributed by atoms with Crippen molar-refractivity contribution in [2.24, 2.45) is 4.99 Å². The van der Waals surface area contributed by atoms with Gasteiger partial charge in [-0.25, -0.2) is 9.36 Å². The average Bonchev–Trinajstić information content (AvgIpc) is 3.15. The first kappa shape index (κ1) is 18.5. The van der Waals surface area contributed by atoms with E-state index in [4.69, 9.17) is 9.47 Å². The molecule has 0 radical (unpaired) electrons. The van der Waals surface area contributed by atoms with Crippen LogP contribution in [0.3, 0.4) is 0 Å².